The van der Waals surface area contributed by atoms with E-state index < -0.39 is 12.0 Å². The maximum absolute atomic E-state index is 11.1. The quantitative estimate of drug-likeness (QED) is 0.578. The molecule has 1 heterocycles. The second kappa shape index (κ2) is 4.80. The summed E-state index contributed by atoms with van der Waals surface area (Å²) in [5.74, 6) is -1.06. The molecule has 1 aliphatic heterocycles. The van der Waals surface area contributed by atoms with Crippen molar-refractivity contribution in [1.29, 1.82) is 0 Å². The predicted octanol–water partition coefficient (Wildman–Crippen LogP) is -0.452. The van der Waals surface area contributed by atoms with Crippen molar-refractivity contribution in [1.82, 2.24) is 10.6 Å². The van der Waals surface area contributed by atoms with Crippen molar-refractivity contribution in [2.75, 3.05) is 13.2 Å². The molecule has 2 unspecified atom stereocenters. The first kappa shape index (κ1) is 10.8. The molecule has 6 heteroatoms. The molecule has 0 aromatic carbocycles. The molecular formula is C8H14N2O4. The van der Waals surface area contributed by atoms with Crippen LogP contribution < -0.4 is 10.6 Å². The molecule has 0 aromatic heterocycles. The third-order valence-corrected chi connectivity index (χ3v) is 2.09. The van der Waals surface area contributed by atoms with Crippen LogP contribution in [0.1, 0.15) is 13.3 Å². The fraction of sp³-hybridized carbons (Fsp3) is 0.750. The molecule has 0 aliphatic carbocycles. The van der Waals surface area contributed by atoms with Crippen molar-refractivity contribution in [3.8, 4) is 0 Å². The first-order valence-electron chi connectivity index (χ1n) is 4.47. The molecule has 0 bridgehead atoms. The van der Waals surface area contributed by atoms with E-state index in [2.05, 4.69) is 10.6 Å². The van der Waals surface area contributed by atoms with E-state index in [-0.39, 0.29) is 18.7 Å². The van der Waals surface area contributed by atoms with Gasteiger partial charge >= 0.3 is 12.0 Å². The summed E-state index contributed by atoms with van der Waals surface area (Å²) in [5, 5.41) is 13.2. The number of carboxylic acids is 1. The van der Waals surface area contributed by atoms with Crippen molar-refractivity contribution in [2.45, 2.75) is 25.5 Å². The van der Waals surface area contributed by atoms with Gasteiger partial charge in [0.2, 0.25) is 0 Å². The lowest BCUT2D eigenvalue weighted by molar-refractivity contribution is -0.135. The summed E-state index contributed by atoms with van der Waals surface area (Å²) in [6, 6.07) is -0.487. The molecule has 80 valence electrons. The van der Waals surface area contributed by atoms with E-state index in [0.717, 1.165) is 6.42 Å². The molecule has 6 nitrogen and oxygen atoms in total. The number of nitrogens with one attached hydrogen (secondary N) is 2. The van der Waals surface area contributed by atoms with Gasteiger partial charge in [0.05, 0.1) is 12.1 Å². The third-order valence-electron chi connectivity index (χ3n) is 2.09. The Bertz CT molecular complexity index is 231. The molecule has 2 atom stereocenters. The fourth-order valence-electron chi connectivity index (χ4n) is 1.30. The van der Waals surface area contributed by atoms with E-state index >= 15 is 0 Å². The Morgan fingerprint density at radius 2 is 2.29 bits per heavy atom. The van der Waals surface area contributed by atoms with Gasteiger partial charge in [-0.1, -0.05) is 0 Å². The zero-order valence-corrected chi connectivity index (χ0v) is 7.95. The molecular weight excluding hydrogens is 188 g/mol. The van der Waals surface area contributed by atoms with Gasteiger partial charge in [-0.25, -0.2) is 4.79 Å². The number of aliphatic carboxylic acids is 1. The monoisotopic (exact) mass is 202 g/mol. The molecule has 0 spiro atoms. The maximum atomic E-state index is 11.1. The molecule has 2 amide bonds. The van der Waals surface area contributed by atoms with Crippen molar-refractivity contribution in [2.24, 2.45) is 0 Å². The first-order chi connectivity index (χ1) is 6.59. The standard InChI is InChI=1S/C8H14N2O4/c1-5-6(2-3-14-5)10-8(13)9-4-7(11)12/h5-6H,2-4H2,1H3,(H,11,12)(H2,9,10,13). The summed E-state index contributed by atoms with van der Waals surface area (Å²) >= 11 is 0. The number of hydrogen-bond acceptors (Lipinski definition) is 3. The average molecular weight is 202 g/mol. The molecule has 1 saturated heterocycles. The highest BCUT2D eigenvalue weighted by atomic mass is 16.5. The molecule has 14 heavy (non-hydrogen) atoms. The summed E-state index contributed by atoms with van der Waals surface area (Å²) in [6.45, 7) is 2.13. The topological polar surface area (TPSA) is 87.7 Å². The molecule has 1 fully saturated rings. The molecule has 0 aromatic rings. The minimum absolute atomic E-state index is 0.00872. The zero-order valence-electron chi connectivity index (χ0n) is 7.95. The van der Waals surface area contributed by atoms with E-state index in [0.29, 0.717) is 6.61 Å². The van der Waals surface area contributed by atoms with Gasteiger partial charge in [0.15, 0.2) is 0 Å². The third kappa shape index (κ3) is 3.21. The minimum atomic E-state index is -1.06. The molecule has 1 rings (SSSR count). The number of urea groups is 1. The summed E-state index contributed by atoms with van der Waals surface area (Å²) in [6.07, 6.45) is 0.757. The van der Waals surface area contributed by atoms with Gasteiger partial charge in [0.25, 0.3) is 0 Å². The lowest BCUT2D eigenvalue weighted by atomic mass is 10.2. The minimum Gasteiger partial charge on any atom is -0.480 e. The van der Waals surface area contributed by atoms with Crippen molar-refractivity contribution in [3.63, 3.8) is 0 Å². The molecule has 0 radical (unpaired) electrons. The summed E-state index contributed by atoms with van der Waals surface area (Å²) < 4.78 is 5.23. The van der Waals surface area contributed by atoms with Crippen molar-refractivity contribution >= 4 is 12.0 Å². The number of hydrogen-bond donors (Lipinski definition) is 3. The van der Waals surface area contributed by atoms with E-state index in [1.165, 1.54) is 0 Å². The van der Waals surface area contributed by atoms with Gasteiger partial charge in [-0.05, 0) is 13.3 Å². The number of carbonyl (C=O) groups is 2. The zero-order chi connectivity index (χ0) is 10.6. The highest BCUT2D eigenvalue weighted by Crippen LogP contribution is 2.11. The van der Waals surface area contributed by atoms with Gasteiger partial charge in [-0.15, -0.1) is 0 Å². The summed E-state index contributed by atoms with van der Waals surface area (Å²) in [4.78, 5) is 21.2. The van der Waals surface area contributed by atoms with Crippen LogP contribution >= 0.6 is 0 Å². The van der Waals surface area contributed by atoms with Crippen LogP contribution in [0.5, 0.6) is 0 Å². The van der Waals surface area contributed by atoms with Crippen LogP contribution in [0.3, 0.4) is 0 Å². The Hall–Kier alpha value is -1.30. The Morgan fingerprint density at radius 1 is 1.57 bits per heavy atom. The number of rotatable bonds is 3. The first-order valence-corrected chi connectivity index (χ1v) is 4.47. The van der Waals surface area contributed by atoms with Crippen LogP contribution in [0, 0.1) is 0 Å². The number of amides is 2. The molecule has 3 N–H and O–H groups in total. The van der Waals surface area contributed by atoms with Gasteiger partial charge < -0.3 is 20.5 Å². The smallest absolute Gasteiger partial charge is 0.323 e. The predicted molar refractivity (Wildman–Crippen MR) is 48.0 cm³/mol. The van der Waals surface area contributed by atoms with Gasteiger partial charge in [-0.3, -0.25) is 4.79 Å². The Balaban J connectivity index is 2.22. The van der Waals surface area contributed by atoms with E-state index in [4.69, 9.17) is 9.84 Å². The van der Waals surface area contributed by atoms with Crippen LogP contribution in [0.2, 0.25) is 0 Å². The van der Waals surface area contributed by atoms with Gasteiger partial charge in [-0.2, -0.15) is 0 Å². The summed E-state index contributed by atoms with van der Waals surface area (Å²) in [5.41, 5.74) is 0. The van der Waals surface area contributed by atoms with Crippen LogP contribution in [0.25, 0.3) is 0 Å². The van der Waals surface area contributed by atoms with E-state index in [1.807, 2.05) is 6.92 Å². The van der Waals surface area contributed by atoms with Crippen molar-refractivity contribution in [3.05, 3.63) is 0 Å². The molecule has 1 aliphatic rings. The second-order valence-electron chi connectivity index (χ2n) is 3.19. The van der Waals surface area contributed by atoms with Crippen LogP contribution in [-0.2, 0) is 9.53 Å². The number of ether oxygens (including phenoxy) is 1. The average Bonchev–Trinajstić information content (AvgIpc) is 2.49. The number of carboxylic acid groups (broad SMARTS) is 1. The Morgan fingerprint density at radius 3 is 2.79 bits per heavy atom. The summed E-state index contributed by atoms with van der Waals surface area (Å²) in [7, 11) is 0. The molecule has 0 saturated carbocycles. The van der Waals surface area contributed by atoms with Crippen LogP contribution in [0.15, 0.2) is 0 Å². The second-order valence-corrected chi connectivity index (χ2v) is 3.19. The van der Waals surface area contributed by atoms with E-state index in [1.54, 1.807) is 0 Å². The fourth-order valence-corrected chi connectivity index (χ4v) is 1.30. The Kier molecular flexibility index (Phi) is 3.70. The maximum Gasteiger partial charge on any atom is 0.323 e. The highest BCUT2D eigenvalue weighted by Gasteiger charge is 2.25. The van der Waals surface area contributed by atoms with Crippen LogP contribution in [-0.4, -0.2) is 42.4 Å². The number of carbonyl (C=O) groups excluding carboxylic acids is 1. The highest BCUT2D eigenvalue weighted by molar-refractivity contribution is 5.80. The van der Waals surface area contributed by atoms with Gasteiger partial charge in [0.1, 0.15) is 6.54 Å². The lowest BCUT2D eigenvalue weighted by Crippen LogP contribution is -2.46. The van der Waals surface area contributed by atoms with Gasteiger partial charge in [0, 0.05) is 6.61 Å². The Labute approximate surface area is 81.6 Å². The largest absolute Gasteiger partial charge is 0.480 e. The normalized spacial score (nSPS) is 25.8. The lowest BCUT2D eigenvalue weighted by Gasteiger charge is -2.15. The SMILES string of the molecule is CC1OCCC1NC(=O)NCC(=O)O. The van der Waals surface area contributed by atoms with Crippen molar-refractivity contribution < 1.29 is 19.4 Å². The van der Waals surface area contributed by atoms with E-state index in [9.17, 15) is 9.59 Å². The van der Waals surface area contributed by atoms with Crippen LogP contribution in [0.4, 0.5) is 4.79 Å².